The highest BCUT2D eigenvalue weighted by molar-refractivity contribution is 7.13. The number of amides is 1. The van der Waals surface area contributed by atoms with Crippen LogP contribution in [0, 0.1) is 19.8 Å². The number of anilines is 1. The minimum atomic E-state index is -0.0939. The summed E-state index contributed by atoms with van der Waals surface area (Å²) in [7, 11) is 3.24. The summed E-state index contributed by atoms with van der Waals surface area (Å²) >= 11 is 1.58. The van der Waals surface area contributed by atoms with Crippen molar-refractivity contribution >= 4 is 23.1 Å². The molecule has 1 aliphatic rings. The number of aromatic nitrogens is 5. The van der Waals surface area contributed by atoms with Gasteiger partial charge in [-0.15, -0.1) is 11.3 Å². The Bertz CT molecular complexity index is 1450. The van der Waals surface area contributed by atoms with E-state index in [1.54, 1.807) is 31.9 Å². The van der Waals surface area contributed by atoms with Crippen LogP contribution in [0.5, 0.6) is 11.5 Å². The zero-order valence-corrected chi connectivity index (χ0v) is 23.5. The summed E-state index contributed by atoms with van der Waals surface area (Å²) in [4.78, 5) is 28.8. The number of rotatable bonds is 9. The van der Waals surface area contributed by atoms with E-state index in [-0.39, 0.29) is 11.8 Å². The monoisotopic (exact) mass is 547 g/mol. The molecule has 0 saturated carbocycles. The molecular weight excluding hydrogens is 514 g/mol. The minimum Gasteiger partial charge on any atom is -0.493 e. The largest absolute Gasteiger partial charge is 0.493 e. The Kier molecular flexibility index (Phi) is 8.06. The zero-order chi connectivity index (χ0) is 27.4. The Morgan fingerprint density at radius 1 is 1.10 bits per heavy atom. The molecule has 204 valence electrons. The van der Waals surface area contributed by atoms with Crippen molar-refractivity contribution in [1.29, 1.82) is 0 Å². The SMILES string of the molecule is COc1ccc(-c2nc(CCNC(=O)C3CCCN(c4cc(-n5nc(C)cc5C)ncn4)C3)cs2)cc1OC. The lowest BCUT2D eigenvalue weighted by Crippen LogP contribution is -2.43. The van der Waals surface area contributed by atoms with Gasteiger partial charge < -0.3 is 19.7 Å². The number of carbonyl (C=O) groups excluding carboxylic acids is 1. The van der Waals surface area contributed by atoms with Crippen LogP contribution in [0.3, 0.4) is 0 Å². The van der Waals surface area contributed by atoms with Gasteiger partial charge >= 0.3 is 0 Å². The molecule has 1 unspecified atom stereocenters. The van der Waals surface area contributed by atoms with E-state index in [1.165, 1.54) is 0 Å². The maximum atomic E-state index is 13.0. The molecule has 0 radical (unpaired) electrons. The Balaban J connectivity index is 1.16. The number of nitrogens with one attached hydrogen (secondary N) is 1. The quantitative estimate of drug-likeness (QED) is 0.335. The molecule has 0 bridgehead atoms. The molecule has 4 aromatic rings. The van der Waals surface area contributed by atoms with Crippen LogP contribution in [-0.4, -0.2) is 64.5 Å². The van der Waals surface area contributed by atoms with Gasteiger partial charge in [0.2, 0.25) is 5.91 Å². The number of piperidine rings is 1. The van der Waals surface area contributed by atoms with Gasteiger partial charge in [-0.05, 0) is 51.0 Å². The number of aryl methyl sites for hydroxylation is 2. The second kappa shape index (κ2) is 11.8. The third-order valence-electron chi connectivity index (χ3n) is 6.84. The summed E-state index contributed by atoms with van der Waals surface area (Å²) in [5.41, 5.74) is 3.88. The average molecular weight is 548 g/mol. The van der Waals surface area contributed by atoms with Crippen molar-refractivity contribution in [2.45, 2.75) is 33.1 Å². The first kappa shape index (κ1) is 26.6. The zero-order valence-electron chi connectivity index (χ0n) is 22.7. The van der Waals surface area contributed by atoms with Crippen LogP contribution >= 0.6 is 11.3 Å². The van der Waals surface area contributed by atoms with E-state index < -0.39 is 0 Å². The number of ether oxygens (including phenoxy) is 2. The third kappa shape index (κ3) is 6.03. The van der Waals surface area contributed by atoms with Gasteiger partial charge in [0.1, 0.15) is 17.2 Å². The molecule has 5 rings (SSSR count). The topological polar surface area (TPSA) is 107 Å². The second-order valence-corrected chi connectivity index (χ2v) is 10.5. The summed E-state index contributed by atoms with van der Waals surface area (Å²) in [5, 5.41) is 10.6. The third-order valence-corrected chi connectivity index (χ3v) is 7.78. The predicted octanol–water partition coefficient (Wildman–Crippen LogP) is 4.00. The van der Waals surface area contributed by atoms with Crippen molar-refractivity contribution in [2.24, 2.45) is 5.92 Å². The lowest BCUT2D eigenvalue weighted by molar-refractivity contribution is -0.125. The summed E-state index contributed by atoms with van der Waals surface area (Å²) in [6.07, 6.45) is 4.02. The van der Waals surface area contributed by atoms with Crippen LogP contribution in [0.25, 0.3) is 16.4 Å². The maximum absolute atomic E-state index is 13.0. The van der Waals surface area contributed by atoms with Crippen LogP contribution in [0.1, 0.15) is 29.9 Å². The summed E-state index contributed by atoms with van der Waals surface area (Å²) < 4.78 is 12.6. The number of thiazole rings is 1. The first-order chi connectivity index (χ1) is 18.9. The van der Waals surface area contributed by atoms with Gasteiger partial charge in [0.25, 0.3) is 0 Å². The summed E-state index contributed by atoms with van der Waals surface area (Å²) in [5.74, 6) is 2.88. The number of hydrogen-bond donors (Lipinski definition) is 1. The lowest BCUT2D eigenvalue weighted by atomic mass is 9.97. The van der Waals surface area contributed by atoms with Crippen molar-refractivity contribution in [3.8, 4) is 27.9 Å². The molecule has 1 aromatic carbocycles. The van der Waals surface area contributed by atoms with Crippen molar-refractivity contribution < 1.29 is 14.3 Å². The smallest absolute Gasteiger partial charge is 0.224 e. The predicted molar refractivity (Wildman–Crippen MR) is 151 cm³/mol. The van der Waals surface area contributed by atoms with Gasteiger partial charge in [0.15, 0.2) is 17.3 Å². The lowest BCUT2D eigenvalue weighted by Gasteiger charge is -2.32. The standard InChI is InChI=1S/C28H33N7O3S/c1-18-12-19(2)35(33-18)26-14-25(30-17-31-26)34-11-5-6-21(15-34)27(36)29-10-9-22-16-39-28(32-22)20-7-8-23(37-3)24(13-20)38-4/h7-8,12-14,16-17,21H,5-6,9-11,15H2,1-4H3,(H,29,36). The Hall–Kier alpha value is -3.99. The van der Waals surface area contributed by atoms with Crippen LogP contribution in [0.2, 0.25) is 0 Å². The highest BCUT2D eigenvalue weighted by atomic mass is 32.1. The van der Waals surface area contributed by atoms with Gasteiger partial charge in [-0.25, -0.2) is 19.6 Å². The summed E-state index contributed by atoms with van der Waals surface area (Å²) in [6, 6.07) is 9.74. The second-order valence-electron chi connectivity index (χ2n) is 9.61. The van der Waals surface area contributed by atoms with E-state index in [9.17, 15) is 4.79 Å². The van der Waals surface area contributed by atoms with E-state index in [1.807, 2.05) is 54.2 Å². The number of nitrogens with zero attached hydrogens (tertiary/aromatic N) is 6. The molecule has 1 atom stereocenters. The number of benzene rings is 1. The maximum Gasteiger partial charge on any atom is 0.224 e. The van der Waals surface area contributed by atoms with Gasteiger partial charge in [-0.1, -0.05) is 0 Å². The van der Waals surface area contributed by atoms with Crippen LogP contribution in [-0.2, 0) is 11.2 Å². The fourth-order valence-corrected chi connectivity index (χ4v) is 5.72. The molecule has 1 amide bonds. The molecule has 1 saturated heterocycles. The van der Waals surface area contributed by atoms with E-state index in [4.69, 9.17) is 14.5 Å². The van der Waals surface area contributed by atoms with Gasteiger partial charge in [-0.2, -0.15) is 5.10 Å². The normalized spacial score (nSPS) is 15.3. The minimum absolute atomic E-state index is 0.0721. The Labute approximate surface area is 232 Å². The van der Waals surface area contributed by atoms with Crippen LogP contribution < -0.4 is 19.7 Å². The molecule has 0 aliphatic carbocycles. The van der Waals surface area contributed by atoms with E-state index in [2.05, 4.69) is 25.3 Å². The van der Waals surface area contributed by atoms with Crippen molar-refractivity contribution in [3.05, 3.63) is 59.1 Å². The molecule has 1 N–H and O–H groups in total. The number of methoxy groups -OCH3 is 2. The first-order valence-corrected chi connectivity index (χ1v) is 13.9. The first-order valence-electron chi connectivity index (χ1n) is 13.0. The molecule has 3 aromatic heterocycles. The Morgan fingerprint density at radius 3 is 2.69 bits per heavy atom. The fourth-order valence-electron chi connectivity index (χ4n) is 4.87. The number of hydrogen-bond acceptors (Lipinski definition) is 9. The molecule has 1 fully saturated rings. The van der Waals surface area contributed by atoms with E-state index >= 15 is 0 Å². The fraction of sp³-hybridized carbons (Fsp3) is 0.393. The van der Waals surface area contributed by atoms with Gasteiger partial charge in [0, 0.05) is 48.8 Å². The van der Waals surface area contributed by atoms with Crippen molar-refractivity contribution in [3.63, 3.8) is 0 Å². The highest BCUT2D eigenvalue weighted by Gasteiger charge is 2.27. The molecule has 1 aliphatic heterocycles. The highest BCUT2D eigenvalue weighted by Crippen LogP contribution is 2.33. The van der Waals surface area contributed by atoms with Crippen LogP contribution in [0.15, 0.2) is 42.0 Å². The molecule has 11 heteroatoms. The number of carbonyl (C=O) groups is 1. The average Bonchev–Trinajstić information content (AvgIpc) is 3.58. The Morgan fingerprint density at radius 2 is 1.92 bits per heavy atom. The van der Waals surface area contributed by atoms with E-state index in [0.717, 1.165) is 58.7 Å². The molecule has 4 heterocycles. The van der Waals surface area contributed by atoms with Crippen molar-refractivity contribution in [1.82, 2.24) is 30.0 Å². The van der Waals surface area contributed by atoms with Gasteiger partial charge in [0.05, 0.1) is 31.5 Å². The molecule has 10 nitrogen and oxygen atoms in total. The van der Waals surface area contributed by atoms with E-state index in [0.29, 0.717) is 31.0 Å². The molecular formula is C28H33N7O3S. The molecule has 39 heavy (non-hydrogen) atoms. The van der Waals surface area contributed by atoms with Gasteiger partial charge in [-0.3, -0.25) is 4.79 Å². The van der Waals surface area contributed by atoms with Crippen LogP contribution in [0.4, 0.5) is 5.82 Å². The molecule has 0 spiro atoms. The summed E-state index contributed by atoms with van der Waals surface area (Å²) in [6.45, 7) is 5.99. The van der Waals surface area contributed by atoms with Crippen molar-refractivity contribution in [2.75, 3.05) is 38.8 Å².